The van der Waals surface area contributed by atoms with Gasteiger partial charge in [-0.05, 0) is 54.2 Å². The quantitative estimate of drug-likeness (QED) is 0.522. The molecule has 2 atom stereocenters. The first-order chi connectivity index (χ1) is 14.3. The number of anilines is 1. The second-order valence-electron chi connectivity index (χ2n) is 7.21. The van der Waals surface area contributed by atoms with Gasteiger partial charge in [0.15, 0.2) is 0 Å². The van der Waals surface area contributed by atoms with E-state index in [4.69, 9.17) is 0 Å². The Morgan fingerprint density at radius 3 is 2.50 bits per heavy atom. The fourth-order valence-electron chi connectivity index (χ4n) is 3.75. The Morgan fingerprint density at radius 1 is 1.13 bits per heavy atom. The van der Waals surface area contributed by atoms with Gasteiger partial charge in [-0.3, -0.25) is 14.9 Å². The molecule has 1 fully saturated rings. The van der Waals surface area contributed by atoms with E-state index in [0.29, 0.717) is 5.56 Å². The highest BCUT2D eigenvalue weighted by molar-refractivity contribution is 8.03. The lowest BCUT2D eigenvalue weighted by Crippen LogP contribution is -2.60. The van der Waals surface area contributed by atoms with Gasteiger partial charge in [-0.15, -0.1) is 11.8 Å². The van der Waals surface area contributed by atoms with Crippen molar-refractivity contribution in [3.63, 3.8) is 0 Å². The lowest BCUT2D eigenvalue weighted by molar-refractivity contribution is -0.384. The number of nitro groups is 1. The molecule has 0 spiro atoms. The molecule has 0 N–H and O–H groups in total. The van der Waals surface area contributed by atoms with Crippen molar-refractivity contribution in [2.24, 2.45) is 5.92 Å². The second-order valence-corrected chi connectivity index (χ2v) is 8.54. The van der Waals surface area contributed by atoms with Crippen LogP contribution < -0.4 is 4.90 Å². The number of imide groups is 1. The molecule has 2 aliphatic heterocycles. The number of carbonyl (C=O) groups excluding carboxylic acids is 2. The Balaban J connectivity index is 1.74. The maximum absolute atomic E-state index is 13.4. The Morgan fingerprint density at radius 2 is 1.83 bits per heavy atom. The second kappa shape index (κ2) is 7.56. The number of allylic oxidation sites excluding steroid dienone is 1. The molecule has 2 heterocycles. The predicted molar refractivity (Wildman–Crippen MR) is 111 cm³/mol. The third-order valence-corrected chi connectivity index (χ3v) is 6.84. The number of fused-ring (bicyclic) bond motifs is 1. The molecule has 154 valence electrons. The van der Waals surface area contributed by atoms with Crippen LogP contribution in [0.1, 0.15) is 19.4 Å². The minimum atomic E-state index is -0.533. The van der Waals surface area contributed by atoms with Crippen LogP contribution in [0.3, 0.4) is 0 Å². The van der Waals surface area contributed by atoms with Crippen LogP contribution in [0.4, 0.5) is 20.6 Å². The van der Waals surface area contributed by atoms with Crippen molar-refractivity contribution in [3.8, 4) is 0 Å². The van der Waals surface area contributed by atoms with Crippen LogP contribution in [0.5, 0.6) is 0 Å². The van der Waals surface area contributed by atoms with E-state index in [0.717, 1.165) is 15.4 Å². The number of nitrogens with zero attached hydrogens (tertiary/aromatic N) is 3. The summed E-state index contributed by atoms with van der Waals surface area (Å²) < 4.78 is 13.4. The summed E-state index contributed by atoms with van der Waals surface area (Å²) in [5.74, 6) is -1.35. The van der Waals surface area contributed by atoms with Crippen molar-refractivity contribution in [1.29, 1.82) is 0 Å². The van der Waals surface area contributed by atoms with Gasteiger partial charge < -0.3 is 4.90 Å². The highest BCUT2D eigenvalue weighted by Crippen LogP contribution is 2.47. The number of nitro benzene ring substituents is 1. The number of benzene rings is 2. The molecule has 0 aromatic heterocycles. The Labute approximate surface area is 176 Å². The number of non-ortho nitro benzene ring substituents is 1. The molecule has 1 saturated heterocycles. The summed E-state index contributed by atoms with van der Waals surface area (Å²) >= 11 is 1.45. The topological polar surface area (TPSA) is 83.8 Å². The highest BCUT2D eigenvalue weighted by atomic mass is 32.2. The minimum Gasteiger partial charge on any atom is -0.306 e. The number of halogens is 1. The van der Waals surface area contributed by atoms with Gasteiger partial charge in [0.1, 0.15) is 5.82 Å². The zero-order valence-corrected chi connectivity index (χ0v) is 17.1. The number of amides is 3. The fourth-order valence-corrected chi connectivity index (χ4v) is 5.17. The zero-order chi connectivity index (χ0) is 21.6. The van der Waals surface area contributed by atoms with E-state index in [2.05, 4.69) is 0 Å². The average Bonchev–Trinajstić information content (AvgIpc) is 3.01. The Hall–Kier alpha value is -3.20. The number of hydrogen-bond acceptors (Lipinski definition) is 5. The lowest BCUT2D eigenvalue weighted by Gasteiger charge is -2.42. The van der Waals surface area contributed by atoms with Crippen LogP contribution in [0.15, 0.2) is 59.0 Å². The molecule has 7 nitrogen and oxygen atoms in total. The first kappa shape index (κ1) is 20.1. The van der Waals surface area contributed by atoms with Gasteiger partial charge in [-0.1, -0.05) is 12.1 Å². The van der Waals surface area contributed by atoms with Crippen molar-refractivity contribution in [2.45, 2.75) is 25.8 Å². The van der Waals surface area contributed by atoms with Gasteiger partial charge in [0.05, 0.1) is 21.9 Å². The molecule has 2 aliphatic rings. The summed E-state index contributed by atoms with van der Waals surface area (Å²) in [6.45, 7) is 3.89. The Bertz CT molecular complexity index is 1090. The molecule has 0 bridgehead atoms. The van der Waals surface area contributed by atoms with E-state index in [1.807, 2.05) is 13.8 Å². The first-order valence-electron chi connectivity index (χ1n) is 9.25. The molecular weight excluding hydrogens is 409 g/mol. The van der Waals surface area contributed by atoms with E-state index in [1.54, 1.807) is 17.0 Å². The van der Waals surface area contributed by atoms with Crippen molar-refractivity contribution in [3.05, 3.63) is 80.5 Å². The molecule has 0 saturated carbocycles. The van der Waals surface area contributed by atoms with Crippen molar-refractivity contribution in [1.82, 2.24) is 4.90 Å². The molecule has 0 aliphatic carbocycles. The summed E-state index contributed by atoms with van der Waals surface area (Å²) in [7, 11) is 0. The fraction of sp³-hybridized carbons (Fsp3) is 0.238. The summed E-state index contributed by atoms with van der Waals surface area (Å²) in [6.07, 6.45) is 0. The maximum Gasteiger partial charge on any atom is 0.332 e. The molecule has 2 aromatic rings. The molecule has 4 rings (SSSR count). The van der Waals surface area contributed by atoms with Crippen molar-refractivity contribution < 1.29 is 18.9 Å². The molecule has 2 unspecified atom stereocenters. The SMILES string of the molecule is CC1=C(C)C2C(=O)N(c3ccc(F)cc3)C(=O)N(Cc3cccc([N+](=O)[O-])c3)C2S1. The van der Waals surface area contributed by atoms with Gasteiger partial charge in [-0.25, -0.2) is 14.1 Å². The zero-order valence-electron chi connectivity index (χ0n) is 16.2. The van der Waals surface area contributed by atoms with Gasteiger partial charge in [0, 0.05) is 18.7 Å². The van der Waals surface area contributed by atoms with Gasteiger partial charge in [0.2, 0.25) is 5.91 Å². The number of urea groups is 1. The molecule has 0 radical (unpaired) electrons. The smallest absolute Gasteiger partial charge is 0.306 e. The van der Waals surface area contributed by atoms with Gasteiger partial charge in [-0.2, -0.15) is 0 Å². The highest BCUT2D eigenvalue weighted by Gasteiger charge is 2.51. The van der Waals surface area contributed by atoms with E-state index >= 15 is 0 Å². The summed E-state index contributed by atoms with van der Waals surface area (Å²) in [6, 6.07) is 10.7. The molecule has 9 heteroatoms. The van der Waals surface area contributed by atoms with Crippen LogP contribution >= 0.6 is 11.8 Å². The van der Waals surface area contributed by atoms with E-state index in [1.165, 1.54) is 48.2 Å². The van der Waals surface area contributed by atoms with Crippen molar-refractivity contribution >= 4 is 35.1 Å². The number of carbonyl (C=O) groups is 2. The third kappa shape index (κ3) is 3.35. The molecular formula is C21H18FN3O4S. The summed E-state index contributed by atoms with van der Waals surface area (Å²) in [5, 5.41) is 10.7. The number of rotatable bonds is 4. The minimum absolute atomic E-state index is 0.0652. The third-order valence-electron chi connectivity index (χ3n) is 5.39. The molecule has 30 heavy (non-hydrogen) atoms. The van der Waals surface area contributed by atoms with E-state index < -0.39 is 28.1 Å². The van der Waals surface area contributed by atoms with Crippen LogP contribution in [0.2, 0.25) is 0 Å². The Kier molecular flexibility index (Phi) is 5.07. The predicted octanol–water partition coefficient (Wildman–Crippen LogP) is 4.69. The lowest BCUT2D eigenvalue weighted by atomic mass is 9.95. The largest absolute Gasteiger partial charge is 0.332 e. The maximum atomic E-state index is 13.4. The monoisotopic (exact) mass is 427 g/mol. The van der Waals surface area contributed by atoms with Crippen molar-refractivity contribution in [2.75, 3.05) is 4.90 Å². The summed E-state index contributed by atoms with van der Waals surface area (Å²) in [5.41, 5.74) is 1.70. The first-order valence-corrected chi connectivity index (χ1v) is 10.1. The number of hydrogen-bond donors (Lipinski definition) is 0. The molecule has 3 amide bonds. The van der Waals surface area contributed by atoms with E-state index in [-0.39, 0.29) is 23.8 Å². The van der Waals surface area contributed by atoms with Crippen LogP contribution in [0.25, 0.3) is 0 Å². The van der Waals surface area contributed by atoms with Crippen LogP contribution in [-0.2, 0) is 11.3 Å². The van der Waals surface area contributed by atoms with Gasteiger partial charge in [0.25, 0.3) is 5.69 Å². The molecule has 2 aromatic carbocycles. The van der Waals surface area contributed by atoms with Gasteiger partial charge >= 0.3 is 6.03 Å². The standard InChI is InChI=1S/C21H18FN3O4S/c1-12-13(2)30-20-18(12)19(26)24(16-8-6-15(22)7-9-16)21(27)23(20)11-14-4-3-5-17(10-14)25(28)29/h3-10,18,20H,11H2,1-2H3. The van der Waals surface area contributed by atoms with Crippen LogP contribution in [-0.4, -0.2) is 27.1 Å². The van der Waals surface area contributed by atoms with Crippen LogP contribution in [0, 0.1) is 21.8 Å². The average molecular weight is 427 g/mol. The number of thioether (sulfide) groups is 1. The summed E-state index contributed by atoms with van der Waals surface area (Å²) in [4.78, 5) is 40.8. The normalized spacial score (nSPS) is 21.3. The van der Waals surface area contributed by atoms with E-state index in [9.17, 15) is 24.1 Å².